The van der Waals surface area contributed by atoms with Gasteiger partial charge in [0.25, 0.3) is 0 Å². The van der Waals surface area contributed by atoms with E-state index in [-0.39, 0.29) is 17.7 Å². The predicted molar refractivity (Wildman–Crippen MR) is 93.7 cm³/mol. The maximum Gasteiger partial charge on any atom is 0.320 e. The summed E-state index contributed by atoms with van der Waals surface area (Å²) >= 11 is 0. The molecule has 132 valence electrons. The molecule has 0 radical (unpaired) electrons. The Labute approximate surface area is 146 Å². The zero-order chi connectivity index (χ0) is 17.1. The van der Waals surface area contributed by atoms with E-state index in [9.17, 15) is 4.79 Å². The van der Waals surface area contributed by atoms with Gasteiger partial charge in [-0.15, -0.1) is 5.10 Å². The van der Waals surface area contributed by atoms with Gasteiger partial charge in [-0.25, -0.2) is 4.79 Å². The molecule has 1 aromatic carbocycles. The molecular weight excluding hydrogens is 318 g/mol. The number of rotatable bonds is 4. The van der Waals surface area contributed by atoms with Crippen molar-refractivity contribution < 1.29 is 9.53 Å². The third-order valence-electron chi connectivity index (χ3n) is 5.12. The van der Waals surface area contributed by atoms with Gasteiger partial charge in [0.15, 0.2) is 5.82 Å². The second kappa shape index (κ2) is 6.84. The molecule has 1 aliphatic heterocycles. The van der Waals surface area contributed by atoms with Gasteiger partial charge in [-0.3, -0.25) is 5.32 Å². The van der Waals surface area contributed by atoms with Gasteiger partial charge in [0.2, 0.25) is 0 Å². The number of aromatic nitrogens is 3. The minimum atomic E-state index is -0.267. The van der Waals surface area contributed by atoms with Crippen LogP contribution >= 0.6 is 0 Å². The molecule has 25 heavy (non-hydrogen) atoms. The van der Waals surface area contributed by atoms with Crippen LogP contribution in [0.3, 0.4) is 0 Å². The third-order valence-corrected chi connectivity index (χ3v) is 5.12. The van der Waals surface area contributed by atoms with Crippen molar-refractivity contribution in [3.63, 3.8) is 0 Å². The molecule has 2 N–H and O–H groups in total. The second-order valence-corrected chi connectivity index (χ2v) is 6.87. The lowest BCUT2D eigenvalue weighted by Gasteiger charge is -2.47. The lowest BCUT2D eigenvalue weighted by Crippen LogP contribution is -2.49. The fraction of sp³-hybridized carbons (Fsp3) is 0.500. The van der Waals surface area contributed by atoms with Gasteiger partial charge in [0.05, 0.1) is 23.6 Å². The first-order valence-electron chi connectivity index (χ1n) is 8.93. The number of nitrogens with zero attached hydrogens (tertiary/aromatic N) is 3. The molecule has 7 heteroatoms. The highest BCUT2D eigenvalue weighted by Gasteiger charge is 2.42. The molecule has 1 aromatic heterocycles. The van der Waals surface area contributed by atoms with Gasteiger partial charge >= 0.3 is 6.03 Å². The van der Waals surface area contributed by atoms with Crippen LogP contribution in [0.2, 0.25) is 0 Å². The summed E-state index contributed by atoms with van der Waals surface area (Å²) in [5, 5.41) is 13.6. The number of carbonyl (C=O) groups excluding carboxylic acids is 1. The second-order valence-electron chi connectivity index (χ2n) is 6.87. The first-order chi connectivity index (χ1) is 12.2. The summed E-state index contributed by atoms with van der Waals surface area (Å²) in [6.45, 7) is 0.528. The van der Waals surface area contributed by atoms with Crippen LogP contribution in [0, 0.1) is 0 Å². The summed E-state index contributed by atoms with van der Waals surface area (Å²) in [7, 11) is 0. The molecule has 1 unspecified atom stereocenters. The van der Waals surface area contributed by atoms with Gasteiger partial charge in [-0.2, -0.15) is 4.68 Å². The summed E-state index contributed by atoms with van der Waals surface area (Å²) in [5.74, 6) is 0.531. The van der Waals surface area contributed by atoms with Crippen molar-refractivity contribution in [2.45, 2.75) is 50.2 Å². The average Bonchev–Trinajstić information content (AvgIpc) is 3.08. The smallest absolute Gasteiger partial charge is 0.320 e. The molecule has 2 aromatic rings. The molecule has 2 heterocycles. The Hall–Kier alpha value is -2.41. The van der Waals surface area contributed by atoms with Crippen LogP contribution in [0.5, 0.6) is 0 Å². The van der Waals surface area contributed by atoms with Crippen LogP contribution in [0.25, 0.3) is 5.69 Å². The van der Waals surface area contributed by atoms with E-state index in [4.69, 9.17) is 4.74 Å². The number of anilines is 1. The molecule has 1 spiro atoms. The molecule has 1 saturated carbocycles. The monoisotopic (exact) mass is 341 g/mol. The highest BCUT2D eigenvalue weighted by molar-refractivity contribution is 5.88. The molecular formula is C18H23N5O2. The molecule has 4 rings (SSSR count). The van der Waals surface area contributed by atoms with Gasteiger partial charge in [0.1, 0.15) is 0 Å². The number of amides is 2. The van der Waals surface area contributed by atoms with Crippen molar-refractivity contribution in [1.82, 2.24) is 20.3 Å². The molecule has 2 fully saturated rings. The largest absolute Gasteiger partial charge is 0.370 e. The number of para-hydroxylation sites is 1. The van der Waals surface area contributed by atoms with Crippen molar-refractivity contribution >= 4 is 11.8 Å². The number of ether oxygens (including phenoxy) is 1. The average molecular weight is 341 g/mol. The number of carbonyl (C=O) groups is 1. The number of urea groups is 1. The van der Waals surface area contributed by atoms with Crippen LogP contribution < -0.4 is 10.6 Å². The van der Waals surface area contributed by atoms with Crippen LogP contribution in [-0.2, 0) is 4.74 Å². The predicted octanol–water partition coefficient (Wildman–Crippen LogP) is 2.88. The summed E-state index contributed by atoms with van der Waals surface area (Å²) in [5.41, 5.74) is 0.953. The molecule has 7 nitrogen and oxygen atoms in total. The maximum atomic E-state index is 12.2. The van der Waals surface area contributed by atoms with Crippen LogP contribution in [-0.4, -0.2) is 39.3 Å². The van der Waals surface area contributed by atoms with E-state index in [2.05, 4.69) is 20.9 Å². The Morgan fingerprint density at radius 1 is 1.24 bits per heavy atom. The lowest BCUT2D eigenvalue weighted by atomic mass is 9.74. The van der Waals surface area contributed by atoms with Crippen LogP contribution in [0.4, 0.5) is 10.6 Å². The molecule has 0 bridgehead atoms. The van der Waals surface area contributed by atoms with Crippen molar-refractivity contribution in [3.05, 3.63) is 36.5 Å². The summed E-state index contributed by atoms with van der Waals surface area (Å²) in [4.78, 5) is 12.2. The molecule has 1 saturated heterocycles. The van der Waals surface area contributed by atoms with Crippen molar-refractivity contribution in [1.29, 1.82) is 0 Å². The number of benzene rings is 1. The van der Waals surface area contributed by atoms with E-state index in [0.717, 1.165) is 31.4 Å². The number of hydrogen-bond donors (Lipinski definition) is 2. The van der Waals surface area contributed by atoms with E-state index in [1.54, 1.807) is 4.68 Å². The summed E-state index contributed by atoms with van der Waals surface area (Å²) in [6.07, 6.45) is 8.58. The lowest BCUT2D eigenvalue weighted by molar-refractivity contribution is -0.166. The Kier molecular flexibility index (Phi) is 4.40. The molecule has 2 amide bonds. The SMILES string of the molecule is O=C(NCC1CCCC2(CCC2)O1)Nc1cnnn1-c1ccccc1. The van der Waals surface area contributed by atoms with Gasteiger partial charge in [-0.05, 0) is 50.7 Å². The fourth-order valence-electron chi connectivity index (χ4n) is 3.65. The molecule has 1 atom stereocenters. The summed E-state index contributed by atoms with van der Waals surface area (Å²) in [6, 6.07) is 9.31. The number of nitrogens with one attached hydrogen (secondary N) is 2. The first kappa shape index (κ1) is 16.1. The zero-order valence-corrected chi connectivity index (χ0v) is 14.1. The van der Waals surface area contributed by atoms with E-state index in [1.807, 2.05) is 30.3 Å². The maximum absolute atomic E-state index is 12.2. The van der Waals surface area contributed by atoms with E-state index < -0.39 is 0 Å². The quantitative estimate of drug-likeness (QED) is 0.896. The Balaban J connectivity index is 1.32. The fourth-order valence-corrected chi connectivity index (χ4v) is 3.65. The summed E-state index contributed by atoms with van der Waals surface area (Å²) < 4.78 is 7.81. The van der Waals surface area contributed by atoms with E-state index >= 15 is 0 Å². The Morgan fingerprint density at radius 2 is 2.04 bits per heavy atom. The highest BCUT2D eigenvalue weighted by Crippen LogP contribution is 2.43. The topological polar surface area (TPSA) is 81.1 Å². The van der Waals surface area contributed by atoms with Crippen molar-refractivity contribution in [2.24, 2.45) is 0 Å². The van der Waals surface area contributed by atoms with Crippen molar-refractivity contribution in [3.8, 4) is 5.69 Å². The standard InChI is InChI=1S/C18H23N5O2/c24-17(19-12-15-8-4-9-18(25-15)10-5-11-18)21-16-13-20-22-23(16)14-6-2-1-3-7-14/h1-3,6-7,13,15H,4-5,8-12H2,(H2,19,21,24). The minimum absolute atomic E-state index is 0.108. The van der Waals surface area contributed by atoms with E-state index in [0.29, 0.717) is 12.4 Å². The van der Waals surface area contributed by atoms with Crippen LogP contribution in [0.1, 0.15) is 38.5 Å². The molecule has 2 aliphatic rings. The normalized spacial score (nSPS) is 21.5. The Morgan fingerprint density at radius 3 is 2.80 bits per heavy atom. The number of hydrogen-bond acceptors (Lipinski definition) is 4. The van der Waals surface area contributed by atoms with Crippen molar-refractivity contribution in [2.75, 3.05) is 11.9 Å². The minimum Gasteiger partial charge on any atom is -0.370 e. The zero-order valence-electron chi connectivity index (χ0n) is 14.1. The third kappa shape index (κ3) is 3.51. The van der Waals surface area contributed by atoms with Gasteiger partial charge in [0, 0.05) is 6.54 Å². The van der Waals surface area contributed by atoms with E-state index in [1.165, 1.54) is 19.0 Å². The first-order valence-corrected chi connectivity index (χ1v) is 8.93. The van der Waals surface area contributed by atoms with Crippen LogP contribution in [0.15, 0.2) is 36.5 Å². The Bertz CT molecular complexity index is 726. The molecule has 1 aliphatic carbocycles. The highest BCUT2D eigenvalue weighted by atomic mass is 16.5. The van der Waals surface area contributed by atoms with Gasteiger partial charge < -0.3 is 10.1 Å². The van der Waals surface area contributed by atoms with Gasteiger partial charge in [-0.1, -0.05) is 23.4 Å².